The van der Waals surface area contributed by atoms with Crippen molar-refractivity contribution >= 4 is 35.6 Å². The summed E-state index contributed by atoms with van der Waals surface area (Å²) in [7, 11) is 0. The van der Waals surface area contributed by atoms with E-state index in [0.717, 1.165) is 24.3 Å². The predicted octanol–water partition coefficient (Wildman–Crippen LogP) is 1.62. The molecule has 0 spiro atoms. The molecule has 1 fully saturated rings. The van der Waals surface area contributed by atoms with Gasteiger partial charge in [0.2, 0.25) is 0 Å². The van der Waals surface area contributed by atoms with Gasteiger partial charge in [-0.15, -0.1) is 0 Å². The van der Waals surface area contributed by atoms with Crippen LogP contribution < -0.4 is 0 Å². The number of ether oxygens (including phenoxy) is 6. The second-order valence-corrected chi connectivity index (χ2v) is 8.13. The third-order valence-electron chi connectivity index (χ3n) is 4.01. The van der Waals surface area contributed by atoms with Gasteiger partial charge in [-0.2, -0.15) is 11.8 Å². The highest BCUT2D eigenvalue weighted by molar-refractivity contribution is 7.99. The van der Waals surface area contributed by atoms with Gasteiger partial charge in [-0.25, -0.2) is 0 Å². The van der Waals surface area contributed by atoms with Crippen molar-refractivity contribution in [1.29, 1.82) is 0 Å². The van der Waals surface area contributed by atoms with Crippen LogP contribution in [0.5, 0.6) is 0 Å². The zero-order chi connectivity index (χ0) is 23.4. The Morgan fingerprint density at radius 1 is 0.806 bits per heavy atom. The van der Waals surface area contributed by atoms with Gasteiger partial charge in [-0.3, -0.25) is 19.2 Å². The molecular formula is C20H32O10S. The Morgan fingerprint density at radius 2 is 1.39 bits per heavy atom. The Morgan fingerprint density at radius 3 is 1.94 bits per heavy atom. The highest BCUT2D eigenvalue weighted by Gasteiger charge is 2.52. The van der Waals surface area contributed by atoms with Crippen molar-refractivity contribution in [2.24, 2.45) is 0 Å². The first kappa shape index (κ1) is 27.2. The average molecular weight is 465 g/mol. The Labute approximate surface area is 186 Å². The predicted molar refractivity (Wildman–Crippen MR) is 110 cm³/mol. The molecule has 1 saturated heterocycles. The number of carbonyl (C=O) groups is 4. The minimum absolute atomic E-state index is 0.274. The number of hydrogen-bond donors (Lipinski definition) is 0. The quantitative estimate of drug-likeness (QED) is 0.238. The molecule has 0 aromatic rings. The largest absolute Gasteiger partial charge is 0.463 e. The van der Waals surface area contributed by atoms with Crippen LogP contribution in [0.4, 0.5) is 0 Å². The van der Waals surface area contributed by atoms with Gasteiger partial charge in [0, 0.05) is 27.7 Å². The zero-order valence-electron chi connectivity index (χ0n) is 18.6. The number of hydrogen-bond acceptors (Lipinski definition) is 11. The zero-order valence-corrected chi connectivity index (χ0v) is 19.4. The molecule has 10 nitrogen and oxygen atoms in total. The summed E-state index contributed by atoms with van der Waals surface area (Å²) >= 11 is 1.79. The maximum Gasteiger partial charge on any atom is 0.303 e. The van der Waals surface area contributed by atoms with Crippen LogP contribution >= 0.6 is 11.8 Å². The summed E-state index contributed by atoms with van der Waals surface area (Å²) in [4.78, 5) is 46.4. The van der Waals surface area contributed by atoms with Crippen molar-refractivity contribution in [3.63, 3.8) is 0 Å². The molecule has 5 atom stereocenters. The van der Waals surface area contributed by atoms with Crippen molar-refractivity contribution in [1.82, 2.24) is 0 Å². The smallest absolute Gasteiger partial charge is 0.303 e. The molecule has 0 radical (unpaired) electrons. The van der Waals surface area contributed by atoms with E-state index in [9.17, 15) is 19.2 Å². The van der Waals surface area contributed by atoms with E-state index in [4.69, 9.17) is 28.4 Å². The molecule has 1 aliphatic heterocycles. The SMILES string of the molecule is CCCSCCCO[C@@H]1O[C@H](COC(C)=O)[C@@H](OC(C)=O)[C@H](OC(C)=O)[C@H]1OC(C)=O. The minimum atomic E-state index is -1.21. The summed E-state index contributed by atoms with van der Waals surface area (Å²) in [6.45, 7) is 6.87. The lowest BCUT2D eigenvalue weighted by molar-refractivity contribution is -0.308. The Bertz CT molecular complexity index is 611. The lowest BCUT2D eigenvalue weighted by atomic mass is 9.98. The average Bonchev–Trinajstić information content (AvgIpc) is 2.66. The minimum Gasteiger partial charge on any atom is -0.463 e. The molecule has 0 aromatic carbocycles. The molecule has 0 N–H and O–H groups in total. The van der Waals surface area contributed by atoms with Crippen LogP contribution in [0.15, 0.2) is 0 Å². The second-order valence-electron chi connectivity index (χ2n) is 6.90. The highest BCUT2D eigenvalue weighted by Crippen LogP contribution is 2.30. The van der Waals surface area contributed by atoms with Crippen LogP contribution in [0, 0.1) is 0 Å². The number of esters is 4. The lowest BCUT2D eigenvalue weighted by Gasteiger charge is -2.44. The molecule has 0 bridgehead atoms. The molecule has 178 valence electrons. The van der Waals surface area contributed by atoms with E-state index < -0.39 is 54.6 Å². The first-order valence-electron chi connectivity index (χ1n) is 10.2. The van der Waals surface area contributed by atoms with Gasteiger partial charge >= 0.3 is 23.9 Å². The molecule has 1 heterocycles. The van der Waals surface area contributed by atoms with Crippen LogP contribution in [0.2, 0.25) is 0 Å². The van der Waals surface area contributed by atoms with E-state index in [2.05, 4.69) is 6.92 Å². The maximum atomic E-state index is 11.7. The fourth-order valence-electron chi connectivity index (χ4n) is 2.93. The topological polar surface area (TPSA) is 124 Å². The van der Waals surface area contributed by atoms with Gasteiger partial charge in [0.25, 0.3) is 0 Å². The second kappa shape index (κ2) is 14.3. The molecule has 0 aromatic heterocycles. The number of rotatable bonds is 12. The maximum absolute atomic E-state index is 11.7. The third-order valence-corrected chi connectivity index (χ3v) is 5.29. The molecule has 1 rings (SSSR count). The van der Waals surface area contributed by atoms with Gasteiger partial charge in [0.15, 0.2) is 24.6 Å². The van der Waals surface area contributed by atoms with Crippen molar-refractivity contribution in [2.45, 2.75) is 78.2 Å². The van der Waals surface area contributed by atoms with Crippen molar-refractivity contribution in [3.8, 4) is 0 Å². The summed E-state index contributed by atoms with van der Waals surface area (Å²) in [5.41, 5.74) is 0. The van der Waals surface area contributed by atoms with Crippen LogP contribution in [0.1, 0.15) is 47.5 Å². The molecule has 0 saturated carbocycles. The van der Waals surface area contributed by atoms with E-state index in [-0.39, 0.29) is 6.61 Å². The lowest BCUT2D eigenvalue weighted by Crippen LogP contribution is -2.63. The van der Waals surface area contributed by atoms with E-state index >= 15 is 0 Å². The molecule has 11 heteroatoms. The molecule has 31 heavy (non-hydrogen) atoms. The molecule has 0 unspecified atom stereocenters. The van der Waals surface area contributed by atoms with Crippen LogP contribution in [-0.4, -0.2) is 79.3 Å². The first-order valence-corrected chi connectivity index (χ1v) is 11.3. The number of carbonyl (C=O) groups excluding carboxylic acids is 4. The summed E-state index contributed by atoms with van der Waals surface area (Å²) in [5, 5.41) is 0. The van der Waals surface area contributed by atoms with Gasteiger partial charge in [0.1, 0.15) is 12.7 Å². The summed E-state index contributed by atoms with van der Waals surface area (Å²) in [5.74, 6) is -0.660. The summed E-state index contributed by atoms with van der Waals surface area (Å²) < 4.78 is 32.6. The number of thioether (sulfide) groups is 1. The highest BCUT2D eigenvalue weighted by atomic mass is 32.2. The molecule has 0 amide bonds. The molecule has 1 aliphatic rings. The molecule has 0 aliphatic carbocycles. The van der Waals surface area contributed by atoms with E-state index in [0.29, 0.717) is 6.61 Å². The standard InChI is InChI=1S/C20H32O10S/c1-6-9-31-10-7-8-25-20-19(29-15(5)24)18(28-14(4)23)17(27-13(3)22)16(30-20)11-26-12(2)21/h16-20H,6-11H2,1-5H3/t16-,17-,18+,19-,20-/m1/s1. The van der Waals surface area contributed by atoms with Gasteiger partial charge < -0.3 is 28.4 Å². The summed E-state index contributed by atoms with van der Waals surface area (Å²) in [6.07, 6.45) is -3.88. The van der Waals surface area contributed by atoms with E-state index in [1.165, 1.54) is 27.7 Å². The first-order chi connectivity index (χ1) is 14.6. The Hall–Kier alpha value is -1.85. The fraction of sp³-hybridized carbons (Fsp3) is 0.800. The normalized spacial score (nSPS) is 25.4. The fourth-order valence-corrected chi connectivity index (χ4v) is 3.74. The van der Waals surface area contributed by atoms with Crippen LogP contribution in [0.3, 0.4) is 0 Å². The summed E-state index contributed by atoms with van der Waals surface area (Å²) in [6, 6.07) is 0. The van der Waals surface area contributed by atoms with Crippen LogP contribution in [-0.2, 0) is 47.6 Å². The van der Waals surface area contributed by atoms with Gasteiger partial charge in [-0.1, -0.05) is 6.92 Å². The van der Waals surface area contributed by atoms with E-state index in [1.807, 2.05) is 0 Å². The van der Waals surface area contributed by atoms with Crippen LogP contribution in [0.25, 0.3) is 0 Å². The Balaban J connectivity index is 3.07. The molecular weight excluding hydrogens is 432 g/mol. The monoisotopic (exact) mass is 464 g/mol. The van der Waals surface area contributed by atoms with Crippen molar-refractivity contribution < 1.29 is 47.6 Å². The van der Waals surface area contributed by atoms with Gasteiger partial charge in [0.05, 0.1) is 6.61 Å². The van der Waals surface area contributed by atoms with E-state index in [1.54, 1.807) is 11.8 Å². The van der Waals surface area contributed by atoms with Crippen molar-refractivity contribution in [2.75, 3.05) is 24.7 Å². The van der Waals surface area contributed by atoms with Gasteiger partial charge in [-0.05, 0) is 24.3 Å². The Kier molecular flexibility index (Phi) is 12.5. The van der Waals surface area contributed by atoms with Crippen molar-refractivity contribution in [3.05, 3.63) is 0 Å². The third kappa shape index (κ3) is 10.3.